The second-order valence-corrected chi connectivity index (χ2v) is 4.28. The normalized spacial score (nSPS) is 14.5. The van der Waals surface area contributed by atoms with Crippen molar-refractivity contribution >= 4 is 16.6 Å². The molecular weight excluding hydrogens is 184 g/mol. The molecule has 2 aromatic rings. The average molecular weight is 198 g/mol. The number of anilines is 1. The first-order valence-corrected chi connectivity index (χ1v) is 5.44. The largest absolute Gasteiger partial charge is 0.398 e. The Morgan fingerprint density at radius 2 is 2.13 bits per heavy atom. The number of aromatic nitrogens is 1. The van der Waals surface area contributed by atoms with Crippen LogP contribution in [0.3, 0.4) is 0 Å². The summed E-state index contributed by atoms with van der Waals surface area (Å²) in [6.07, 6.45) is 3.38. The molecule has 76 valence electrons. The lowest BCUT2D eigenvalue weighted by Crippen LogP contribution is -1.99. The molecule has 0 saturated carbocycles. The van der Waals surface area contributed by atoms with E-state index >= 15 is 0 Å². The molecule has 1 aromatic carbocycles. The fourth-order valence-electron chi connectivity index (χ4n) is 2.46. The predicted molar refractivity (Wildman–Crippen MR) is 62.9 cm³/mol. The van der Waals surface area contributed by atoms with Crippen LogP contribution in [0.5, 0.6) is 0 Å². The molecule has 0 spiro atoms. The Morgan fingerprint density at radius 3 is 3.00 bits per heavy atom. The van der Waals surface area contributed by atoms with Gasteiger partial charge in [0.25, 0.3) is 0 Å². The summed E-state index contributed by atoms with van der Waals surface area (Å²) in [4.78, 5) is 4.74. The smallest absolute Gasteiger partial charge is 0.0755 e. The Morgan fingerprint density at radius 1 is 1.27 bits per heavy atom. The Hall–Kier alpha value is -1.57. The van der Waals surface area contributed by atoms with Crippen molar-refractivity contribution in [2.75, 3.05) is 5.73 Å². The lowest BCUT2D eigenvalue weighted by Gasteiger charge is -2.09. The molecule has 0 aliphatic heterocycles. The predicted octanol–water partition coefficient (Wildman–Crippen LogP) is 2.61. The van der Waals surface area contributed by atoms with Gasteiger partial charge in [-0.05, 0) is 37.3 Å². The fourth-order valence-corrected chi connectivity index (χ4v) is 2.46. The van der Waals surface area contributed by atoms with Crippen molar-refractivity contribution in [2.24, 2.45) is 0 Å². The van der Waals surface area contributed by atoms with Gasteiger partial charge >= 0.3 is 0 Å². The van der Waals surface area contributed by atoms with Gasteiger partial charge in [-0.1, -0.05) is 18.2 Å². The molecule has 2 heteroatoms. The van der Waals surface area contributed by atoms with Crippen LogP contribution in [0, 0.1) is 6.92 Å². The number of aryl methyl sites for hydroxylation is 2. The first-order chi connectivity index (χ1) is 7.27. The number of hydrogen-bond donors (Lipinski definition) is 1. The molecule has 0 amide bonds. The van der Waals surface area contributed by atoms with Gasteiger partial charge in [-0.3, -0.25) is 4.98 Å². The van der Waals surface area contributed by atoms with Gasteiger partial charge in [0, 0.05) is 16.8 Å². The lowest BCUT2D eigenvalue weighted by atomic mass is 10.0. The maximum Gasteiger partial charge on any atom is 0.0755 e. The summed E-state index contributed by atoms with van der Waals surface area (Å²) in [5.41, 5.74) is 12.0. The summed E-state index contributed by atoms with van der Waals surface area (Å²) in [6.45, 7) is 2.09. The zero-order chi connectivity index (χ0) is 10.4. The first-order valence-electron chi connectivity index (χ1n) is 5.44. The molecule has 1 aliphatic carbocycles. The Bertz CT molecular complexity index is 544. The van der Waals surface area contributed by atoms with Gasteiger partial charge in [-0.2, -0.15) is 0 Å². The number of fused-ring (bicyclic) bond motifs is 2. The standard InChI is InChI=1S/C13H14N2/c1-8-4-2-6-10-12(14)9-5-3-7-11(9)15-13(8)10/h2,4,6H,3,5,7H2,1H3,(H2,14,15). The quantitative estimate of drug-likeness (QED) is 0.706. The van der Waals surface area contributed by atoms with Gasteiger partial charge in [0.05, 0.1) is 5.52 Å². The number of nitrogen functional groups attached to an aromatic ring is 1. The molecule has 3 rings (SSSR count). The van der Waals surface area contributed by atoms with Gasteiger partial charge in [-0.15, -0.1) is 0 Å². The molecule has 2 nitrogen and oxygen atoms in total. The molecule has 1 aliphatic rings. The van der Waals surface area contributed by atoms with Crippen LogP contribution in [0.15, 0.2) is 18.2 Å². The van der Waals surface area contributed by atoms with Crippen molar-refractivity contribution < 1.29 is 0 Å². The van der Waals surface area contributed by atoms with E-state index in [1.807, 2.05) is 0 Å². The van der Waals surface area contributed by atoms with Gasteiger partial charge in [0.1, 0.15) is 0 Å². The van der Waals surface area contributed by atoms with Crippen LogP contribution in [0.4, 0.5) is 5.69 Å². The fraction of sp³-hybridized carbons (Fsp3) is 0.308. The van der Waals surface area contributed by atoms with Crippen molar-refractivity contribution in [2.45, 2.75) is 26.2 Å². The monoisotopic (exact) mass is 198 g/mol. The van der Waals surface area contributed by atoms with Crippen molar-refractivity contribution in [1.29, 1.82) is 0 Å². The highest BCUT2D eigenvalue weighted by Crippen LogP contribution is 2.32. The summed E-state index contributed by atoms with van der Waals surface area (Å²) in [7, 11) is 0. The molecule has 0 saturated heterocycles. The van der Waals surface area contributed by atoms with Gasteiger partial charge < -0.3 is 5.73 Å². The topological polar surface area (TPSA) is 38.9 Å². The third-order valence-electron chi connectivity index (χ3n) is 3.29. The summed E-state index contributed by atoms with van der Waals surface area (Å²) >= 11 is 0. The minimum Gasteiger partial charge on any atom is -0.398 e. The first kappa shape index (κ1) is 8.72. The average Bonchev–Trinajstić information content (AvgIpc) is 2.68. The SMILES string of the molecule is Cc1cccc2c(N)c3c(nc12)CCC3. The maximum absolute atomic E-state index is 6.20. The second-order valence-electron chi connectivity index (χ2n) is 4.28. The van der Waals surface area contributed by atoms with Gasteiger partial charge in [0.15, 0.2) is 0 Å². The van der Waals surface area contributed by atoms with Crippen molar-refractivity contribution in [1.82, 2.24) is 4.98 Å². The number of benzene rings is 1. The summed E-state index contributed by atoms with van der Waals surface area (Å²) < 4.78 is 0. The van der Waals surface area contributed by atoms with E-state index in [1.54, 1.807) is 0 Å². The van der Waals surface area contributed by atoms with E-state index in [-0.39, 0.29) is 0 Å². The molecule has 0 bridgehead atoms. The van der Waals surface area contributed by atoms with E-state index in [0.717, 1.165) is 29.4 Å². The molecule has 15 heavy (non-hydrogen) atoms. The number of hydrogen-bond acceptors (Lipinski definition) is 2. The highest BCUT2D eigenvalue weighted by molar-refractivity contribution is 5.94. The van der Waals surface area contributed by atoms with E-state index in [9.17, 15) is 0 Å². The Balaban J connectivity index is 2.46. The second kappa shape index (κ2) is 2.96. The van der Waals surface area contributed by atoms with Crippen molar-refractivity contribution in [3.05, 3.63) is 35.0 Å². The Kier molecular flexibility index (Phi) is 1.72. The number of pyridine rings is 1. The number of para-hydroxylation sites is 1. The van der Waals surface area contributed by atoms with Crippen LogP contribution in [-0.2, 0) is 12.8 Å². The molecular formula is C13H14N2. The van der Waals surface area contributed by atoms with Crippen LogP contribution >= 0.6 is 0 Å². The third kappa shape index (κ3) is 1.14. The molecule has 0 radical (unpaired) electrons. The van der Waals surface area contributed by atoms with E-state index in [2.05, 4.69) is 25.1 Å². The number of rotatable bonds is 0. The van der Waals surface area contributed by atoms with Crippen LogP contribution in [0.2, 0.25) is 0 Å². The third-order valence-corrected chi connectivity index (χ3v) is 3.29. The van der Waals surface area contributed by atoms with E-state index in [4.69, 9.17) is 10.7 Å². The van der Waals surface area contributed by atoms with Crippen LogP contribution < -0.4 is 5.73 Å². The minimum absolute atomic E-state index is 0.955. The maximum atomic E-state index is 6.20. The van der Waals surface area contributed by atoms with Crippen molar-refractivity contribution in [3.8, 4) is 0 Å². The number of nitrogens with zero attached hydrogens (tertiary/aromatic N) is 1. The lowest BCUT2D eigenvalue weighted by molar-refractivity contribution is 0.901. The van der Waals surface area contributed by atoms with E-state index in [1.165, 1.54) is 23.2 Å². The molecule has 0 atom stereocenters. The molecule has 1 aromatic heterocycles. The number of nitrogens with two attached hydrogens (primary N) is 1. The minimum atomic E-state index is 0.955. The molecule has 0 unspecified atom stereocenters. The van der Waals surface area contributed by atoms with Crippen LogP contribution in [-0.4, -0.2) is 4.98 Å². The molecule has 2 N–H and O–H groups in total. The van der Waals surface area contributed by atoms with Crippen LogP contribution in [0.1, 0.15) is 23.2 Å². The van der Waals surface area contributed by atoms with Crippen LogP contribution in [0.25, 0.3) is 10.9 Å². The summed E-state index contributed by atoms with van der Waals surface area (Å²) in [5.74, 6) is 0. The Labute approximate surface area is 89.1 Å². The highest BCUT2D eigenvalue weighted by atomic mass is 14.7. The van der Waals surface area contributed by atoms with Gasteiger partial charge in [-0.25, -0.2) is 0 Å². The van der Waals surface area contributed by atoms with E-state index in [0.29, 0.717) is 0 Å². The molecule has 1 heterocycles. The molecule has 0 fully saturated rings. The van der Waals surface area contributed by atoms with E-state index < -0.39 is 0 Å². The zero-order valence-electron chi connectivity index (χ0n) is 8.88. The van der Waals surface area contributed by atoms with Gasteiger partial charge in [0.2, 0.25) is 0 Å². The van der Waals surface area contributed by atoms with Crippen molar-refractivity contribution in [3.63, 3.8) is 0 Å². The summed E-state index contributed by atoms with van der Waals surface area (Å²) in [5, 5.41) is 1.12. The highest BCUT2D eigenvalue weighted by Gasteiger charge is 2.17. The summed E-state index contributed by atoms with van der Waals surface area (Å²) in [6, 6.07) is 6.22. The zero-order valence-corrected chi connectivity index (χ0v) is 8.88.